The van der Waals surface area contributed by atoms with Crippen LogP contribution in [-0.2, 0) is 20.9 Å². The zero-order chi connectivity index (χ0) is 18.5. The Bertz CT molecular complexity index is 806. The summed E-state index contributed by atoms with van der Waals surface area (Å²) < 4.78 is 0. The average Bonchev–Trinajstić information content (AvgIpc) is 2.93. The van der Waals surface area contributed by atoms with Crippen molar-refractivity contribution in [1.82, 2.24) is 5.32 Å². The van der Waals surface area contributed by atoms with Crippen molar-refractivity contribution in [1.29, 1.82) is 0 Å². The lowest BCUT2D eigenvalue weighted by atomic mass is 10.1. The predicted molar refractivity (Wildman–Crippen MR) is 103 cm³/mol. The van der Waals surface area contributed by atoms with Crippen LogP contribution in [0, 0.1) is 6.92 Å². The van der Waals surface area contributed by atoms with E-state index in [4.69, 9.17) is 0 Å². The summed E-state index contributed by atoms with van der Waals surface area (Å²) in [6.45, 7) is 2.46. The number of thioether (sulfide) groups is 1. The standard InChI is InChI=1S/C20H20N2O3S/c1-14-7-9-15(10-8-14)12-21-18(23)13-26-17-11-19(24)22(20(17)25)16-5-3-2-4-6-16/h2-10,17H,11-13H2,1H3,(H,21,23)/t17-/m0/s1. The quantitative estimate of drug-likeness (QED) is 0.796. The molecule has 0 aromatic heterocycles. The van der Waals surface area contributed by atoms with Crippen LogP contribution in [-0.4, -0.2) is 28.7 Å². The molecular weight excluding hydrogens is 348 g/mol. The summed E-state index contributed by atoms with van der Waals surface area (Å²) in [5.41, 5.74) is 2.77. The molecule has 0 bridgehead atoms. The Morgan fingerprint density at radius 2 is 1.81 bits per heavy atom. The van der Waals surface area contributed by atoms with Crippen molar-refractivity contribution in [2.24, 2.45) is 0 Å². The van der Waals surface area contributed by atoms with Crippen molar-refractivity contribution in [2.45, 2.75) is 25.1 Å². The molecule has 134 valence electrons. The Morgan fingerprint density at radius 1 is 1.12 bits per heavy atom. The molecule has 3 amide bonds. The van der Waals surface area contributed by atoms with Crippen LogP contribution < -0.4 is 10.2 Å². The molecule has 1 aliphatic rings. The first kappa shape index (κ1) is 18.2. The number of carbonyl (C=O) groups excluding carboxylic acids is 3. The van der Waals surface area contributed by atoms with Crippen molar-refractivity contribution in [3.63, 3.8) is 0 Å². The first-order chi connectivity index (χ1) is 12.5. The van der Waals surface area contributed by atoms with Gasteiger partial charge in [0.2, 0.25) is 17.7 Å². The highest BCUT2D eigenvalue weighted by atomic mass is 32.2. The van der Waals surface area contributed by atoms with Gasteiger partial charge >= 0.3 is 0 Å². The Hall–Kier alpha value is -2.60. The van der Waals surface area contributed by atoms with Gasteiger partial charge in [-0.2, -0.15) is 0 Å². The number of imide groups is 1. The number of hydrogen-bond acceptors (Lipinski definition) is 4. The first-order valence-electron chi connectivity index (χ1n) is 8.40. The monoisotopic (exact) mass is 368 g/mol. The van der Waals surface area contributed by atoms with E-state index in [0.717, 1.165) is 5.56 Å². The minimum Gasteiger partial charge on any atom is -0.351 e. The van der Waals surface area contributed by atoms with Crippen molar-refractivity contribution < 1.29 is 14.4 Å². The van der Waals surface area contributed by atoms with Crippen molar-refractivity contribution >= 4 is 35.2 Å². The number of hydrogen-bond donors (Lipinski definition) is 1. The van der Waals surface area contributed by atoms with Crippen molar-refractivity contribution in [3.05, 3.63) is 65.7 Å². The molecule has 1 N–H and O–H groups in total. The molecule has 0 aliphatic carbocycles. The lowest BCUT2D eigenvalue weighted by Crippen LogP contribution is -2.32. The van der Waals surface area contributed by atoms with Gasteiger partial charge in [0, 0.05) is 13.0 Å². The zero-order valence-electron chi connectivity index (χ0n) is 14.5. The summed E-state index contributed by atoms with van der Waals surface area (Å²) in [4.78, 5) is 37.9. The van der Waals surface area contributed by atoms with Gasteiger partial charge in [-0.15, -0.1) is 11.8 Å². The summed E-state index contributed by atoms with van der Waals surface area (Å²) in [6.07, 6.45) is 0.129. The van der Waals surface area contributed by atoms with Gasteiger partial charge in [0.15, 0.2) is 0 Å². The summed E-state index contributed by atoms with van der Waals surface area (Å²) in [5, 5.41) is 2.34. The molecule has 1 atom stereocenters. The summed E-state index contributed by atoms with van der Waals surface area (Å²) in [6, 6.07) is 16.8. The Morgan fingerprint density at radius 3 is 2.50 bits per heavy atom. The van der Waals surface area contributed by atoms with Gasteiger partial charge in [0.25, 0.3) is 0 Å². The van der Waals surface area contributed by atoms with Gasteiger partial charge in [-0.25, -0.2) is 4.90 Å². The number of rotatable bonds is 6. The Labute approximate surface area is 156 Å². The van der Waals surface area contributed by atoms with Crippen LogP contribution in [0.25, 0.3) is 0 Å². The molecular formula is C20H20N2O3S. The fourth-order valence-electron chi connectivity index (χ4n) is 2.72. The summed E-state index contributed by atoms with van der Waals surface area (Å²) in [5.74, 6) is -0.469. The van der Waals surface area contributed by atoms with Crippen molar-refractivity contribution in [3.8, 4) is 0 Å². The lowest BCUT2D eigenvalue weighted by Gasteiger charge is -2.14. The van der Waals surface area contributed by atoms with E-state index in [2.05, 4.69) is 5.32 Å². The second kappa shape index (κ2) is 8.19. The molecule has 2 aromatic rings. The summed E-state index contributed by atoms with van der Waals surface area (Å²) >= 11 is 1.22. The van der Waals surface area contributed by atoms with E-state index in [0.29, 0.717) is 12.2 Å². The molecule has 26 heavy (non-hydrogen) atoms. The van der Waals surface area contributed by atoms with Crippen LogP contribution in [0.1, 0.15) is 17.5 Å². The van der Waals surface area contributed by atoms with Gasteiger partial charge in [-0.3, -0.25) is 14.4 Å². The third-order valence-electron chi connectivity index (χ3n) is 4.15. The first-order valence-corrected chi connectivity index (χ1v) is 9.45. The second-order valence-corrected chi connectivity index (χ2v) is 7.36. The predicted octanol–water partition coefficient (Wildman–Crippen LogP) is 2.68. The van der Waals surface area contributed by atoms with Gasteiger partial charge in [-0.05, 0) is 24.6 Å². The molecule has 2 aromatic carbocycles. The smallest absolute Gasteiger partial charge is 0.247 e. The number of para-hydroxylation sites is 1. The number of nitrogens with zero attached hydrogens (tertiary/aromatic N) is 1. The minimum atomic E-state index is -0.507. The molecule has 0 unspecified atom stereocenters. The molecule has 3 rings (SSSR count). The van der Waals surface area contributed by atoms with Crippen LogP contribution >= 0.6 is 11.8 Å². The molecule has 1 fully saturated rings. The van der Waals surface area contributed by atoms with E-state index >= 15 is 0 Å². The summed E-state index contributed by atoms with van der Waals surface area (Å²) in [7, 11) is 0. The van der Waals surface area contributed by atoms with E-state index in [1.807, 2.05) is 37.3 Å². The van der Waals surface area contributed by atoms with E-state index in [9.17, 15) is 14.4 Å². The average molecular weight is 368 g/mol. The highest BCUT2D eigenvalue weighted by Gasteiger charge is 2.39. The minimum absolute atomic E-state index is 0.129. The number of amides is 3. The fourth-order valence-corrected chi connectivity index (χ4v) is 3.68. The van der Waals surface area contributed by atoms with E-state index in [1.165, 1.54) is 22.2 Å². The van der Waals surface area contributed by atoms with Gasteiger partial charge in [0.1, 0.15) is 0 Å². The maximum atomic E-state index is 12.5. The molecule has 1 aliphatic heterocycles. The highest BCUT2D eigenvalue weighted by molar-refractivity contribution is 8.01. The van der Waals surface area contributed by atoms with E-state index < -0.39 is 5.25 Å². The Kier molecular flexibility index (Phi) is 5.73. The maximum Gasteiger partial charge on any atom is 0.247 e. The van der Waals surface area contributed by atoms with Gasteiger partial charge in [0.05, 0.1) is 16.7 Å². The second-order valence-electron chi connectivity index (χ2n) is 6.17. The van der Waals surface area contributed by atoms with Crippen LogP contribution in [0.15, 0.2) is 54.6 Å². The number of nitrogens with one attached hydrogen (secondary N) is 1. The van der Waals surface area contributed by atoms with Gasteiger partial charge in [-0.1, -0.05) is 48.0 Å². The van der Waals surface area contributed by atoms with E-state index in [-0.39, 0.29) is 29.9 Å². The van der Waals surface area contributed by atoms with Crippen LogP contribution in [0.3, 0.4) is 0 Å². The van der Waals surface area contributed by atoms with Crippen LogP contribution in [0.2, 0.25) is 0 Å². The molecule has 1 saturated heterocycles. The fraction of sp³-hybridized carbons (Fsp3) is 0.250. The third kappa shape index (κ3) is 4.32. The largest absolute Gasteiger partial charge is 0.351 e. The number of benzene rings is 2. The van der Waals surface area contributed by atoms with E-state index in [1.54, 1.807) is 24.3 Å². The molecule has 0 saturated carbocycles. The SMILES string of the molecule is Cc1ccc(CNC(=O)CS[C@H]2CC(=O)N(c3ccccc3)C2=O)cc1. The Balaban J connectivity index is 1.50. The highest BCUT2D eigenvalue weighted by Crippen LogP contribution is 2.29. The van der Waals surface area contributed by atoms with Crippen molar-refractivity contribution in [2.75, 3.05) is 10.7 Å². The molecule has 5 nitrogen and oxygen atoms in total. The van der Waals surface area contributed by atoms with Crippen LogP contribution in [0.4, 0.5) is 5.69 Å². The number of anilines is 1. The van der Waals surface area contributed by atoms with Crippen LogP contribution in [0.5, 0.6) is 0 Å². The number of carbonyl (C=O) groups is 3. The maximum absolute atomic E-state index is 12.5. The number of aryl methyl sites for hydroxylation is 1. The normalized spacial score (nSPS) is 16.8. The molecule has 1 heterocycles. The molecule has 0 radical (unpaired) electrons. The zero-order valence-corrected chi connectivity index (χ0v) is 15.3. The third-order valence-corrected chi connectivity index (χ3v) is 5.35. The van der Waals surface area contributed by atoms with Gasteiger partial charge < -0.3 is 5.32 Å². The lowest BCUT2D eigenvalue weighted by molar-refractivity contribution is -0.121. The molecule has 0 spiro atoms. The topological polar surface area (TPSA) is 66.5 Å². The molecule has 6 heteroatoms.